The fraction of sp³-hybridized carbons (Fsp3) is 0.0556. The zero-order chi connectivity index (χ0) is 14.9. The lowest BCUT2D eigenvalue weighted by molar-refractivity contribution is -0.111. The molecule has 4 heteroatoms. The Morgan fingerprint density at radius 1 is 0.909 bits per heavy atom. The molecule has 2 heterocycles. The third-order valence-corrected chi connectivity index (χ3v) is 3.59. The second kappa shape index (κ2) is 5.07. The minimum atomic E-state index is -0.350. The van der Waals surface area contributed by atoms with Crippen LogP contribution < -0.4 is 0 Å². The van der Waals surface area contributed by atoms with Crippen LogP contribution in [0.4, 0.5) is 5.69 Å². The molecule has 0 radical (unpaired) electrons. The Balaban J connectivity index is 1.61. The van der Waals surface area contributed by atoms with Crippen LogP contribution in [-0.4, -0.2) is 17.5 Å². The largest absolute Gasteiger partial charge is 0.473 e. The molecular formula is C18H12N2O2. The molecule has 22 heavy (non-hydrogen) atoms. The number of carbonyl (C=O) groups is 1. The summed E-state index contributed by atoms with van der Waals surface area (Å²) < 4.78 is 5.66. The van der Waals surface area contributed by atoms with Crippen LogP contribution in [0.25, 0.3) is 5.57 Å². The Bertz CT molecular complexity index is 848. The fourth-order valence-corrected chi connectivity index (χ4v) is 2.53. The Hall–Kier alpha value is -3.01. The lowest BCUT2D eigenvalue weighted by atomic mass is 10.0. The number of ether oxygens (including phenoxy) is 1. The van der Waals surface area contributed by atoms with E-state index < -0.39 is 0 Å². The summed E-state index contributed by atoms with van der Waals surface area (Å²) in [7, 11) is 0. The topological polar surface area (TPSA) is 51.0 Å². The first kappa shape index (κ1) is 12.7. The van der Waals surface area contributed by atoms with E-state index in [1.54, 1.807) is 6.08 Å². The predicted octanol–water partition coefficient (Wildman–Crippen LogP) is 3.31. The molecule has 106 valence electrons. The maximum Gasteiger partial charge on any atom is 0.299 e. The average Bonchev–Trinajstić information content (AvgIpc) is 2.94. The third kappa shape index (κ3) is 2.15. The van der Waals surface area contributed by atoms with Gasteiger partial charge in [-0.1, -0.05) is 48.5 Å². The Labute approximate surface area is 127 Å². The maximum absolute atomic E-state index is 12.1. The van der Waals surface area contributed by atoms with Crippen LogP contribution in [0.5, 0.6) is 0 Å². The summed E-state index contributed by atoms with van der Waals surface area (Å²) in [6, 6.07) is 17.5. The van der Waals surface area contributed by atoms with E-state index in [0.717, 1.165) is 22.4 Å². The molecule has 2 aliphatic rings. The minimum Gasteiger partial charge on any atom is -0.473 e. The molecule has 0 saturated carbocycles. The van der Waals surface area contributed by atoms with Crippen molar-refractivity contribution in [1.29, 1.82) is 0 Å². The van der Waals surface area contributed by atoms with Crippen molar-refractivity contribution >= 4 is 28.8 Å². The maximum atomic E-state index is 12.1. The average molecular weight is 288 g/mol. The molecule has 2 aliphatic heterocycles. The quantitative estimate of drug-likeness (QED) is 0.851. The van der Waals surface area contributed by atoms with Crippen LogP contribution in [-0.2, 0) is 16.1 Å². The second-order valence-electron chi connectivity index (χ2n) is 5.07. The normalized spacial score (nSPS) is 15.5. The first-order valence-electron chi connectivity index (χ1n) is 7.01. The summed E-state index contributed by atoms with van der Waals surface area (Å²) in [5.74, 6) is -0.0173. The molecule has 2 aromatic rings. The van der Waals surface area contributed by atoms with Crippen molar-refractivity contribution in [2.75, 3.05) is 0 Å². The van der Waals surface area contributed by atoms with Gasteiger partial charge in [-0.3, -0.25) is 4.79 Å². The Morgan fingerprint density at radius 2 is 1.68 bits per heavy atom. The van der Waals surface area contributed by atoms with Crippen LogP contribution in [0.2, 0.25) is 0 Å². The van der Waals surface area contributed by atoms with Crippen molar-refractivity contribution < 1.29 is 9.53 Å². The van der Waals surface area contributed by atoms with Gasteiger partial charge in [0.1, 0.15) is 12.3 Å². The number of aliphatic imine (C=N–C) groups is 2. The number of nitrogens with zero attached hydrogens (tertiary/aromatic N) is 2. The number of carbonyl (C=O) groups excluding carboxylic acids is 1. The first-order valence-corrected chi connectivity index (χ1v) is 7.01. The highest BCUT2D eigenvalue weighted by Crippen LogP contribution is 2.36. The number of dihydropyridines is 1. The van der Waals surface area contributed by atoms with Crippen LogP contribution in [0, 0.1) is 0 Å². The molecule has 1 amide bonds. The van der Waals surface area contributed by atoms with Crippen molar-refractivity contribution in [3.63, 3.8) is 0 Å². The van der Waals surface area contributed by atoms with Gasteiger partial charge >= 0.3 is 0 Å². The molecule has 4 nitrogen and oxygen atoms in total. The van der Waals surface area contributed by atoms with Crippen LogP contribution in [0.1, 0.15) is 11.1 Å². The van der Waals surface area contributed by atoms with Crippen molar-refractivity contribution in [3.05, 3.63) is 71.8 Å². The van der Waals surface area contributed by atoms with E-state index >= 15 is 0 Å². The van der Waals surface area contributed by atoms with Gasteiger partial charge in [-0.25, -0.2) is 4.99 Å². The van der Waals surface area contributed by atoms with Gasteiger partial charge in [-0.05, 0) is 11.6 Å². The summed E-state index contributed by atoms with van der Waals surface area (Å²) in [6.07, 6.45) is 1.79. The second-order valence-corrected chi connectivity index (χ2v) is 5.07. The number of hydrogen-bond acceptors (Lipinski definition) is 3. The van der Waals surface area contributed by atoms with Gasteiger partial charge in [0.15, 0.2) is 0 Å². The molecule has 4 rings (SSSR count). The molecule has 0 N–H and O–H groups in total. The van der Waals surface area contributed by atoms with E-state index in [1.807, 2.05) is 54.6 Å². The molecule has 0 unspecified atom stereocenters. The van der Waals surface area contributed by atoms with E-state index in [0.29, 0.717) is 18.2 Å². The van der Waals surface area contributed by atoms with E-state index in [2.05, 4.69) is 9.98 Å². The summed E-state index contributed by atoms with van der Waals surface area (Å²) in [5.41, 5.74) is 3.97. The molecule has 0 bridgehead atoms. The minimum absolute atomic E-state index is 0.333. The van der Waals surface area contributed by atoms with Crippen molar-refractivity contribution in [1.82, 2.24) is 0 Å². The fourth-order valence-electron chi connectivity index (χ4n) is 2.53. The third-order valence-electron chi connectivity index (χ3n) is 3.59. The summed E-state index contributed by atoms with van der Waals surface area (Å²) in [6.45, 7) is 0.380. The Kier molecular flexibility index (Phi) is 2.93. The lowest BCUT2D eigenvalue weighted by Gasteiger charge is -2.11. The van der Waals surface area contributed by atoms with Gasteiger partial charge in [-0.2, -0.15) is 4.99 Å². The zero-order valence-corrected chi connectivity index (χ0v) is 11.7. The highest BCUT2D eigenvalue weighted by atomic mass is 16.5. The molecule has 0 aliphatic carbocycles. The highest BCUT2D eigenvalue weighted by Gasteiger charge is 2.29. The summed E-state index contributed by atoms with van der Waals surface area (Å²) in [5, 5.41) is 0. The van der Waals surface area contributed by atoms with Crippen LogP contribution >= 0.6 is 0 Å². The SMILES string of the molecule is O=C1N=C(OCc2ccccc2)C=C2C1=Nc1ccccc12. The highest BCUT2D eigenvalue weighted by molar-refractivity contribution is 6.61. The first-order chi connectivity index (χ1) is 10.8. The summed E-state index contributed by atoms with van der Waals surface area (Å²) in [4.78, 5) is 20.4. The molecular weight excluding hydrogens is 276 g/mol. The van der Waals surface area contributed by atoms with Crippen molar-refractivity contribution in [2.24, 2.45) is 9.98 Å². The zero-order valence-electron chi connectivity index (χ0n) is 11.7. The number of hydrogen-bond donors (Lipinski definition) is 0. The van der Waals surface area contributed by atoms with Gasteiger partial charge in [0, 0.05) is 17.2 Å². The Morgan fingerprint density at radius 3 is 2.55 bits per heavy atom. The van der Waals surface area contributed by atoms with E-state index in [4.69, 9.17) is 4.74 Å². The molecule has 0 spiro atoms. The molecule has 0 fully saturated rings. The monoisotopic (exact) mass is 288 g/mol. The number of benzene rings is 2. The van der Waals surface area contributed by atoms with E-state index in [1.165, 1.54) is 0 Å². The van der Waals surface area contributed by atoms with Gasteiger partial charge in [0.05, 0.1) is 5.69 Å². The van der Waals surface area contributed by atoms with Gasteiger partial charge in [0.25, 0.3) is 5.91 Å². The molecule has 0 aromatic heterocycles. The van der Waals surface area contributed by atoms with Crippen LogP contribution in [0.15, 0.2) is 70.7 Å². The van der Waals surface area contributed by atoms with E-state index in [-0.39, 0.29) is 5.91 Å². The van der Waals surface area contributed by atoms with Gasteiger partial charge < -0.3 is 4.74 Å². The van der Waals surface area contributed by atoms with Crippen molar-refractivity contribution in [2.45, 2.75) is 6.61 Å². The number of rotatable bonds is 2. The van der Waals surface area contributed by atoms with Gasteiger partial charge in [0.2, 0.25) is 5.90 Å². The van der Waals surface area contributed by atoms with Crippen LogP contribution in [0.3, 0.4) is 0 Å². The number of para-hydroxylation sites is 1. The van der Waals surface area contributed by atoms with E-state index in [9.17, 15) is 4.79 Å². The predicted molar refractivity (Wildman–Crippen MR) is 85.2 cm³/mol. The molecule has 0 saturated heterocycles. The standard InChI is InChI=1S/C18H12N2O2/c21-18-17-14(13-8-4-5-9-15(13)19-17)10-16(20-18)22-11-12-6-2-1-3-7-12/h1-10H,11H2. The van der Waals surface area contributed by atoms with Crippen molar-refractivity contribution in [3.8, 4) is 0 Å². The number of amides is 1. The lowest BCUT2D eigenvalue weighted by Crippen LogP contribution is -2.20. The molecule has 2 aromatic carbocycles. The smallest absolute Gasteiger partial charge is 0.299 e. The summed E-state index contributed by atoms with van der Waals surface area (Å²) >= 11 is 0. The molecule has 0 atom stereocenters. The van der Waals surface area contributed by atoms with Gasteiger partial charge in [-0.15, -0.1) is 0 Å². The number of fused-ring (bicyclic) bond motifs is 3.